The minimum absolute atomic E-state index is 0.290. The fourth-order valence-electron chi connectivity index (χ4n) is 4.90. The summed E-state index contributed by atoms with van der Waals surface area (Å²) < 4.78 is 2.17. The number of aliphatic imine (C=N–C) groups is 1. The Morgan fingerprint density at radius 3 is 2.65 bits per heavy atom. The van der Waals surface area contributed by atoms with Crippen molar-refractivity contribution >= 4 is 34.7 Å². The summed E-state index contributed by atoms with van der Waals surface area (Å²) >= 11 is 0. The zero-order chi connectivity index (χ0) is 20.9. The molecule has 1 amide bonds. The van der Waals surface area contributed by atoms with E-state index in [0.717, 1.165) is 78.1 Å². The molecule has 1 saturated heterocycles. The van der Waals surface area contributed by atoms with E-state index in [4.69, 9.17) is 4.98 Å². The molecule has 0 radical (unpaired) electrons. The van der Waals surface area contributed by atoms with Crippen LogP contribution in [-0.4, -0.2) is 45.0 Å². The maximum Gasteiger partial charge on any atom is 0.225 e. The van der Waals surface area contributed by atoms with Crippen LogP contribution in [0.2, 0.25) is 0 Å². The SMILES string of the molecule is C=Nc1cccn2c(C3CCN(C(=O)C4CC4)CC3)nc(-c3cc4ccccc4[nH]3)c12. The first-order chi connectivity index (χ1) is 15.2. The Morgan fingerprint density at radius 1 is 1.10 bits per heavy atom. The number of carbonyl (C=O) groups excluding carboxylic acids is 1. The van der Waals surface area contributed by atoms with Gasteiger partial charge in [-0.1, -0.05) is 18.2 Å². The van der Waals surface area contributed by atoms with Gasteiger partial charge < -0.3 is 14.3 Å². The highest BCUT2D eigenvalue weighted by Crippen LogP contribution is 2.38. The van der Waals surface area contributed by atoms with Crippen LogP contribution in [0.15, 0.2) is 53.7 Å². The number of hydrogen-bond donors (Lipinski definition) is 1. The van der Waals surface area contributed by atoms with E-state index in [0.29, 0.717) is 17.7 Å². The second-order valence-electron chi connectivity index (χ2n) is 8.73. The van der Waals surface area contributed by atoms with E-state index in [1.54, 1.807) is 0 Å². The predicted molar refractivity (Wildman–Crippen MR) is 123 cm³/mol. The maximum atomic E-state index is 12.5. The molecule has 0 unspecified atom stereocenters. The summed E-state index contributed by atoms with van der Waals surface area (Å²) in [6.07, 6.45) is 6.08. The Labute approximate surface area is 180 Å². The molecule has 1 aliphatic carbocycles. The summed E-state index contributed by atoms with van der Waals surface area (Å²) in [4.78, 5) is 27.5. The number of carbonyl (C=O) groups is 1. The van der Waals surface area contributed by atoms with Gasteiger partial charge in [-0.05, 0) is 56.7 Å². The van der Waals surface area contributed by atoms with Crippen LogP contribution < -0.4 is 0 Å². The molecular formula is C25H25N5O. The number of piperidine rings is 1. The van der Waals surface area contributed by atoms with E-state index >= 15 is 0 Å². The van der Waals surface area contributed by atoms with Crippen molar-refractivity contribution in [2.24, 2.45) is 10.9 Å². The molecule has 1 aliphatic heterocycles. The highest BCUT2D eigenvalue weighted by Gasteiger charge is 2.36. The van der Waals surface area contributed by atoms with E-state index in [2.05, 4.69) is 50.4 Å². The number of hydrogen-bond acceptors (Lipinski definition) is 3. The number of H-pyrrole nitrogens is 1. The molecule has 2 fully saturated rings. The Balaban J connectivity index is 1.41. The summed E-state index contributed by atoms with van der Waals surface area (Å²) in [6.45, 7) is 5.42. The molecule has 4 aromatic rings. The number of fused-ring (bicyclic) bond motifs is 2. The highest BCUT2D eigenvalue weighted by atomic mass is 16.2. The molecule has 6 nitrogen and oxygen atoms in total. The molecule has 6 heteroatoms. The molecule has 1 saturated carbocycles. The second kappa shape index (κ2) is 7.08. The van der Waals surface area contributed by atoms with E-state index in [1.807, 2.05) is 24.3 Å². The first-order valence-corrected chi connectivity index (χ1v) is 11.1. The second-order valence-corrected chi connectivity index (χ2v) is 8.73. The van der Waals surface area contributed by atoms with Gasteiger partial charge in [0, 0.05) is 42.0 Å². The van der Waals surface area contributed by atoms with Crippen LogP contribution in [0, 0.1) is 5.92 Å². The molecule has 1 aromatic carbocycles. The summed E-state index contributed by atoms with van der Waals surface area (Å²) in [5.41, 5.74) is 4.80. The lowest BCUT2D eigenvalue weighted by Gasteiger charge is -2.31. The van der Waals surface area contributed by atoms with Crippen molar-refractivity contribution in [2.75, 3.05) is 13.1 Å². The van der Waals surface area contributed by atoms with Gasteiger partial charge in [0.2, 0.25) is 5.91 Å². The van der Waals surface area contributed by atoms with Gasteiger partial charge in [-0.25, -0.2) is 4.98 Å². The Kier molecular flexibility index (Phi) is 4.19. The normalized spacial score (nSPS) is 17.5. The van der Waals surface area contributed by atoms with Gasteiger partial charge in [-0.3, -0.25) is 9.79 Å². The minimum atomic E-state index is 0.290. The van der Waals surface area contributed by atoms with Gasteiger partial charge in [0.05, 0.1) is 11.4 Å². The number of benzene rings is 1. The summed E-state index contributed by atoms with van der Waals surface area (Å²) in [5, 5.41) is 1.16. The van der Waals surface area contributed by atoms with Crippen molar-refractivity contribution in [3.63, 3.8) is 0 Å². The molecule has 156 valence electrons. The predicted octanol–water partition coefficient (Wildman–Crippen LogP) is 4.93. The van der Waals surface area contributed by atoms with Crippen LogP contribution in [0.3, 0.4) is 0 Å². The number of likely N-dealkylation sites (tertiary alicyclic amines) is 1. The topological polar surface area (TPSA) is 65.8 Å². The summed E-state index contributed by atoms with van der Waals surface area (Å²) in [6, 6.07) is 14.4. The van der Waals surface area contributed by atoms with Crippen molar-refractivity contribution in [3.8, 4) is 11.4 Å². The first kappa shape index (κ1) is 18.4. The van der Waals surface area contributed by atoms with Crippen LogP contribution in [-0.2, 0) is 4.79 Å². The lowest BCUT2D eigenvalue weighted by molar-refractivity contribution is -0.133. The monoisotopic (exact) mass is 411 g/mol. The van der Waals surface area contributed by atoms with Gasteiger partial charge >= 0.3 is 0 Å². The average Bonchev–Trinajstić information content (AvgIpc) is 3.46. The van der Waals surface area contributed by atoms with Crippen molar-refractivity contribution in [1.29, 1.82) is 0 Å². The van der Waals surface area contributed by atoms with Crippen LogP contribution in [0.1, 0.15) is 37.4 Å². The maximum absolute atomic E-state index is 12.5. The molecule has 0 spiro atoms. The number of rotatable bonds is 4. The Hall–Kier alpha value is -3.41. The third kappa shape index (κ3) is 3.05. The molecule has 31 heavy (non-hydrogen) atoms. The third-order valence-corrected chi connectivity index (χ3v) is 6.72. The number of aromatic nitrogens is 3. The highest BCUT2D eigenvalue weighted by molar-refractivity contribution is 5.92. The Morgan fingerprint density at radius 2 is 1.90 bits per heavy atom. The molecule has 6 rings (SSSR count). The van der Waals surface area contributed by atoms with Crippen molar-refractivity contribution < 1.29 is 4.79 Å². The van der Waals surface area contributed by atoms with Gasteiger partial charge in [-0.15, -0.1) is 0 Å². The molecule has 1 N–H and O–H groups in total. The van der Waals surface area contributed by atoms with E-state index in [1.165, 1.54) is 0 Å². The van der Waals surface area contributed by atoms with E-state index in [-0.39, 0.29) is 0 Å². The molecule has 4 heterocycles. The first-order valence-electron chi connectivity index (χ1n) is 11.1. The third-order valence-electron chi connectivity index (χ3n) is 6.72. The average molecular weight is 412 g/mol. The lowest BCUT2D eigenvalue weighted by atomic mass is 9.95. The minimum Gasteiger partial charge on any atom is -0.353 e. The Bertz CT molecular complexity index is 1270. The largest absolute Gasteiger partial charge is 0.353 e. The van der Waals surface area contributed by atoms with E-state index in [9.17, 15) is 4.79 Å². The summed E-state index contributed by atoms with van der Waals surface area (Å²) in [7, 11) is 0. The summed E-state index contributed by atoms with van der Waals surface area (Å²) in [5.74, 6) is 2.00. The zero-order valence-electron chi connectivity index (χ0n) is 17.4. The number of nitrogens with zero attached hydrogens (tertiary/aromatic N) is 4. The van der Waals surface area contributed by atoms with Gasteiger partial charge in [0.25, 0.3) is 0 Å². The molecule has 0 atom stereocenters. The van der Waals surface area contributed by atoms with Gasteiger partial charge in [0.15, 0.2) is 0 Å². The number of para-hydroxylation sites is 1. The molecule has 0 bridgehead atoms. The number of pyridine rings is 1. The number of imidazole rings is 1. The zero-order valence-corrected chi connectivity index (χ0v) is 17.4. The molecule has 3 aromatic heterocycles. The fourth-order valence-corrected chi connectivity index (χ4v) is 4.90. The number of amides is 1. The number of nitrogens with one attached hydrogen (secondary N) is 1. The quantitative estimate of drug-likeness (QED) is 0.484. The van der Waals surface area contributed by atoms with Crippen molar-refractivity contribution in [3.05, 3.63) is 54.5 Å². The van der Waals surface area contributed by atoms with Crippen LogP contribution in [0.4, 0.5) is 5.69 Å². The smallest absolute Gasteiger partial charge is 0.225 e. The van der Waals surface area contributed by atoms with Crippen LogP contribution in [0.25, 0.3) is 27.8 Å². The van der Waals surface area contributed by atoms with Gasteiger partial charge in [0.1, 0.15) is 17.0 Å². The van der Waals surface area contributed by atoms with Crippen LogP contribution >= 0.6 is 0 Å². The fraction of sp³-hybridized carbons (Fsp3) is 0.320. The van der Waals surface area contributed by atoms with Crippen molar-refractivity contribution in [1.82, 2.24) is 19.3 Å². The lowest BCUT2D eigenvalue weighted by Crippen LogP contribution is -2.39. The van der Waals surface area contributed by atoms with Crippen molar-refractivity contribution in [2.45, 2.75) is 31.6 Å². The molecule has 2 aliphatic rings. The molecular weight excluding hydrogens is 386 g/mol. The number of aromatic amines is 1. The van der Waals surface area contributed by atoms with E-state index < -0.39 is 0 Å². The van der Waals surface area contributed by atoms with Crippen LogP contribution in [0.5, 0.6) is 0 Å². The van der Waals surface area contributed by atoms with Gasteiger partial charge in [-0.2, -0.15) is 0 Å². The standard InChI is InChI=1S/C25H25N5O/c1-26-20-7-4-12-30-23(20)22(21-15-18-5-2-3-6-19(18)27-21)28-24(30)16-10-13-29(14-11-16)25(31)17-8-9-17/h2-7,12,15-17,27H,1,8-11,13-14H2.